The number of rotatable bonds is 6. The Labute approximate surface area is 185 Å². The van der Waals surface area contributed by atoms with E-state index < -0.39 is 11.4 Å². The second-order valence-corrected chi connectivity index (χ2v) is 8.10. The van der Waals surface area contributed by atoms with E-state index in [-0.39, 0.29) is 17.6 Å². The van der Waals surface area contributed by atoms with Gasteiger partial charge in [-0.2, -0.15) is 0 Å². The minimum absolute atomic E-state index is 0.260. The van der Waals surface area contributed by atoms with Gasteiger partial charge in [-0.1, -0.05) is 5.16 Å². The summed E-state index contributed by atoms with van der Waals surface area (Å²) in [4.78, 5) is 40.7. The van der Waals surface area contributed by atoms with Crippen molar-refractivity contribution in [2.24, 2.45) is 5.16 Å². The summed E-state index contributed by atoms with van der Waals surface area (Å²) in [5.41, 5.74) is 0.980. The van der Waals surface area contributed by atoms with Gasteiger partial charge in [-0.3, -0.25) is 9.36 Å². The molecule has 4 aromatic rings. The molecule has 0 aromatic carbocycles. The lowest BCUT2D eigenvalue weighted by Gasteiger charge is -2.33. The lowest BCUT2D eigenvalue weighted by atomic mass is 10.1. The fourth-order valence-electron chi connectivity index (χ4n) is 3.47. The van der Waals surface area contributed by atoms with E-state index in [0.29, 0.717) is 41.0 Å². The van der Waals surface area contributed by atoms with Crippen LogP contribution < -0.4 is 10.3 Å². The summed E-state index contributed by atoms with van der Waals surface area (Å²) < 4.78 is 6.76. The molecule has 11 heteroatoms. The van der Waals surface area contributed by atoms with Gasteiger partial charge in [0.1, 0.15) is 17.1 Å². The number of aromatic nitrogens is 3. The molecular weight excluding hydrogens is 434 g/mol. The minimum Gasteiger partial charge on any atom is -0.477 e. The molecule has 5 rings (SSSR count). The molecule has 5 heterocycles. The maximum absolute atomic E-state index is 12.8. The van der Waals surface area contributed by atoms with E-state index in [1.165, 1.54) is 17.5 Å². The number of hydrogen-bond acceptors (Lipinski definition) is 9. The average Bonchev–Trinajstić information content (AvgIpc) is 3.43. The summed E-state index contributed by atoms with van der Waals surface area (Å²) in [5, 5.41) is 16.2. The molecule has 1 aliphatic heterocycles. The smallest absolute Gasteiger partial charge is 0.341 e. The van der Waals surface area contributed by atoms with Crippen LogP contribution in [0, 0.1) is 6.92 Å². The number of pyridine rings is 2. The Morgan fingerprint density at radius 3 is 2.94 bits per heavy atom. The number of carboxylic acids is 1. The van der Waals surface area contributed by atoms with Crippen LogP contribution in [-0.2, 0) is 11.4 Å². The number of carboxylic acid groups (broad SMARTS) is 1. The normalized spacial score (nSPS) is 13.3. The van der Waals surface area contributed by atoms with Gasteiger partial charge in [-0.15, -0.1) is 11.3 Å². The van der Waals surface area contributed by atoms with Gasteiger partial charge >= 0.3 is 5.97 Å². The van der Waals surface area contributed by atoms with Crippen LogP contribution in [0.2, 0.25) is 0 Å². The SMILES string of the molecule is Cc1cc(N2CC(=NOCc3ccco3)C2)nc2c1c(=O)c(C(=O)O)cn2-c1nccs1. The molecule has 0 atom stereocenters. The lowest BCUT2D eigenvalue weighted by molar-refractivity contribution is 0.0695. The number of anilines is 1. The zero-order valence-electron chi connectivity index (χ0n) is 16.9. The topological polar surface area (TPSA) is 123 Å². The monoisotopic (exact) mass is 451 g/mol. The Morgan fingerprint density at radius 2 is 2.25 bits per heavy atom. The van der Waals surface area contributed by atoms with Crippen molar-refractivity contribution in [3.8, 4) is 5.13 Å². The molecule has 1 fully saturated rings. The predicted molar refractivity (Wildman–Crippen MR) is 118 cm³/mol. The quantitative estimate of drug-likeness (QED) is 0.444. The van der Waals surface area contributed by atoms with E-state index in [1.54, 1.807) is 41.5 Å². The van der Waals surface area contributed by atoms with E-state index in [2.05, 4.69) is 15.1 Å². The van der Waals surface area contributed by atoms with Crippen molar-refractivity contribution in [2.45, 2.75) is 13.5 Å². The molecule has 0 unspecified atom stereocenters. The first-order chi connectivity index (χ1) is 15.5. The summed E-state index contributed by atoms with van der Waals surface area (Å²) in [6, 6.07) is 5.38. The van der Waals surface area contributed by atoms with Crippen LogP contribution in [0.3, 0.4) is 0 Å². The maximum Gasteiger partial charge on any atom is 0.341 e. The number of aryl methyl sites for hydroxylation is 1. The van der Waals surface area contributed by atoms with Crippen LogP contribution in [0.15, 0.2) is 56.6 Å². The molecule has 1 aliphatic rings. The summed E-state index contributed by atoms with van der Waals surface area (Å²) >= 11 is 1.33. The Balaban J connectivity index is 1.47. The molecule has 1 saturated heterocycles. The number of aromatic carboxylic acids is 1. The highest BCUT2D eigenvalue weighted by atomic mass is 32.1. The third-order valence-electron chi connectivity index (χ3n) is 5.05. The van der Waals surface area contributed by atoms with Crippen LogP contribution in [0.25, 0.3) is 16.2 Å². The Kier molecular flexibility index (Phi) is 4.94. The van der Waals surface area contributed by atoms with Gasteiger partial charge in [-0.25, -0.2) is 14.8 Å². The van der Waals surface area contributed by atoms with Gasteiger partial charge < -0.3 is 19.3 Å². The molecule has 0 radical (unpaired) electrons. The van der Waals surface area contributed by atoms with Crippen LogP contribution >= 0.6 is 11.3 Å². The molecule has 10 nitrogen and oxygen atoms in total. The molecule has 0 bridgehead atoms. The Hall–Kier alpha value is -3.99. The fraction of sp³-hybridized carbons (Fsp3) is 0.190. The predicted octanol–water partition coefficient (Wildman–Crippen LogP) is 2.83. The van der Waals surface area contributed by atoms with Crippen molar-refractivity contribution in [3.63, 3.8) is 0 Å². The van der Waals surface area contributed by atoms with Crippen molar-refractivity contribution >= 4 is 39.9 Å². The second-order valence-electron chi connectivity index (χ2n) is 7.22. The molecule has 4 aromatic heterocycles. The Bertz CT molecular complexity index is 1380. The minimum atomic E-state index is -1.29. The van der Waals surface area contributed by atoms with E-state index in [1.807, 2.05) is 11.0 Å². The van der Waals surface area contributed by atoms with Gasteiger partial charge in [0.05, 0.1) is 30.5 Å². The van der Waals surface area contributed by atoms with Gasteiger partial charge in [0, 0.05) is 17.8 Å². The molecule has 0 aliphatic carbocycles. The zero-order chi connectivity index (χ0) is 22.2. The number of furan rings is 1. The van der Waals surface area contributed by atoms with Crippen molar-refractivity contribution < 1.29 is 19.2 Å². The second kappa shape index (κ2) is 7.93. The summed E-state index contributed by atoms with van der Waals surface area (Å²) in [5.74, 6) is 0.0647. The highest BCUT2D eigenvalue weighted by Crippen LogP contribution is 2.26. The van der Waals surface area contributed by atoms with E-state index >= 15 is 0 Å². The highest BCUT2D eigenvalue weighted by Gasteiger charge is 2.26. The number of nitrogens with zero attached hydrogens (tertiary/aromatic N) is 5. The van der Waals surface area contributed by atoms with Crippen LogP contribution in [0.1, 0.15) is 21.7 Å². The molecular formula is C21H17N5O5S. The third-order valence-corrected chi connectivity index (χ3v) is 5.82. The number of fused-ring (bicyclic) bond motifs is 1. The summed E-state index contributed by atoms with van der Waals surface area (Å²) in [6.45, 7) is 3.10. The van der Waals surface area contributed by atoms with Crippen molar-refractivity contribution in [1.82, 2.24) is 14.5 Å². The summed E-state index contributed by atoms with van der Waals surface area (Å²) in [7, 11) is 0. The maximum atomic E-state index is 12.8. The van der Waals surface area contributed by atoms with Gasteiger partial charge in [-0.05, 0) is 30.7 Å². The number of carbonyl (C=O) groups is 1. The third kappa shape index (κ3) is 3.52. The summed E-state index contributed by atoms with van der Waals surface area (Å²) in [6.07, 6.45) is 4.48. The van der Waals surface area contributed by atoms with Gasteiger partial charge in [0.2, 0.25) is 5.43 Å². The lowest BCUT2D eigenvalue weighted by Crippen LogP contribution is -2.48. The largest absolute Gasteiger partial charge is 0.477 e. The molecule has 32 heavy (non-hydrogen) atoms. The van der Waals surface area contributed by atoms with Crippen LogP contribution in [0.5, 0.6) is 0 Å². The molecule has 0 spiro atoms. The Morgan fingerprint density at radius 1 is 1.41 bits per heavy atom. The fourth-order valence-corrected chi connectivity index (χ4v) is 4.09. The van der Waals surface area contributed by atoms with Crippen LogP contribution in [0.4, 0.5) is 5.82 Å². The first-order valence-electron chi connectivity index (χ1n) is 9.66. The zero-order valence-corrected chi connectivity index (χ0v) is 17.7. The van der Waals surface area contributed by atoms with Crippen molar-refractivity contribution in [1.29, 1.82) is 0 Å². The van der Waals surface area contributed by atoms with E-state index in [9.17, 15) is 14.7 Å². The van der Waals surface area contributed by atoms with Gasteiger partial charge in [0.25, 0.3) is 0 Å². The van der Waals surface area contributed by atoms with E-state index in [0.717, 1.165) is 5.71 Å². The van der Waals surface area contributed by atoms with Crippen molar-refractivity contribution in [3.05, 3.63) is 69.3 Å². The standard InChI is InChI=1S/C21H17N5O5S/c1-12-7-16(25-8-13(9-25)24-31-11-14-3-2-5-30-14)23-19-17(12)18(27)15(20(28)29)10-26(19)21-22-4-6-32-21/h2-7,10H,8-9,11H2,1H3,(H,28,29). The first-order valence-corrected chi connectivity index (χ1v) is 10.5. The molecule has 0 saturated carbocycles. The number of oxime groups is 1. The van der Waals surface area contributed by atoms with Gasteiger partial charge in [0.15, 0.2) is 17.4 Å². The number of hydrogen-bond donors (Lipinski definition) is 1. The molecule has 0 amide bonds. The molecule has 162 valence electrons. The van der Waals surface area contributed by atoms with E-state index in [4.69, 9.17) is 9.25 Å². The van der Waals surface area contributed by atoms with Crippen molar-refractivity contribution in [2.75, 3.05) is 18.0 Å². The average molecular weight is 451 g/mol. The number of thiazole rings is 1. The first kappa shape index (κ1) is 19.9. The highest BCUT2D eigenvalue weighted by molar-refractivity contribution is 7.12. The van der Waals surface area contributed by atoms with Crippen LogP contribution in [-0.4, -0.2) is 44.4 Å². The molecule has 1 N–H and O–H groups in total.